The largest absolute Gasteiger partial charge is 0.304 e. The molecule has 0 spiro atoms. The highest BCUT2D eigenvalue weighted by atomic mass is 32.2. The Morgan fingerprint density at radius 2 is 1.40 bits per heavy atom. The van der Waals surface area contributed by atoms with E-state index in [1.165, 1.54) is 44.9 Å². The van der Waals surface area contributed by atoms with Crippen LogP contribution in [-0.4, -0.2) is 16.9 Å². The molecule has 0 saturated heterocycles. The van der Waals surface area contributed by atoms with Crippen LogP contribution in [0.3, 0.4) is 0 Å². The highest BCUT2D eigenvalue weighted by Gasteiger charge is 2.07. The summed E-state index contributed by atoms with van der Waals surface area (Å²) in [7, 11) is 0. The Labute approximate surface area is 128 Å². The van der Waals surface area contributed by atoms with Gasteiger partial charge in [-0.05, 0) is 19.8 Å². The Hall–Kier alpha value is 0.0700. The summed E-state index contributed by atoms with van der Waals surface area (Å²) in [5.74, 6) is 0. The third-order valence-electron chi connectivity index (χ3n) is 3.37. The van der Waals surface area contributed by atoms with E-state index in [0.29, 0.717) is 6.61 Å². The van der Waals surface area contributed by atoms with E-state index >= 15 is 0 Å². The second-order valence-corrected chi connectivity index (χ2v) is 6.39. The van der Waals surface area contributed by atoms with Crippen molar-refractivity contribution in [2.75, 3.05) is 6.61 Å². The van der Waals surface area contributed by atoms with Crippen molar-refractivity contribution in [3.63, 3.8) is 0 Å². The van der Waals surface area contributed by atoms with Gasteiger partial charge >= 0.3 is 11.4 Å². The highest BCUT2D eigenvalue weighted by Crippen LogP contribution is 2.10. The summed E-state index contributed by atoms with van der Waals surface area (Å²) < 4.78 is 21.8. The minimum atomic E-state index is -1.56. The van der Waals surface area contributed by atoms with E-state index in [1.54, 1.807) is 0 Å². The number of rotatable bonds is 15. The van der Waals surface area contributed by atoms with Gasteiger partial charge in [0.15, 0.2) is 0 Å². The molecule has 20 heavy (non-hydrogen) atoms. The Kier molecular flexibility index (Phi) is 15.5. The minimum Gasteiger partial charge on any atom is -0.268 e. The molecule has 0 rings (SSSR count). The Balaban J connectivity index is 3.21. The van der Waals surface area contributed by atoms with Crippen LogP contribution < -0.4 is 0 Å². The molecule has 0 aliphatic heterocycles. The minimum absolute atomic E-state index is 0.0176. The van der Waals surface area contributed by atoms with Gasteiger partial charge in [-0.1, -0.05) is 71.6 Å². The van der Waals surface area contributed by atoms with Crippen LogP contribution in [-0.2, 0) is 19.7 Å². The molecule has 0 N–H and O–H groups in total. The number of hydrogen-bond donors (Lipinski definition) is 0. The predicted molar refractivity (Wildman–Crippen MR) is 86.8 cm³/mol. The van der Waals surface area contributed by atoms with Crippen molar-refractivity contribution in [1.82, 2.24) is 0 Å². The molecule has 0 aromatic rings. The second kappa shape index (κ2) is 15.5. The molecule has 3 nitrogen and oxygen atoms in total. The lowest BCUT2D eigenvalue weighted by molar-refractivity contribution is 0.185. The van der Waals surface area contributed by atoms with Crippen molar-refractivity contribution in [2.45, 2.75) is 97.5 Å². The number of unbranched alkanes of at least 4 members (excludes halogenated alkanes) is 8. The van der Waals surface area contributed by atoms with Crippen LogP contribution in [0.4, 0.5) is 0 Å². The maximum atomic E-state index is 11.4. The standard InChI is InChI=1S/C16H34O3S/c1-4-6-7-8-9-10-11-12-13-15-18-20(17)19-16(3)14-5-2/h16H,4-15H2,1-3H3. The van der Waals surface area contributed by atoms with Crippen molar-refractivity contribution >= 4 is 11.4 Å². The molecule has 0 saturated carbocycles. The molecular weight excluding hydrogens is 272 g/mol. The summed E-state index contributed by atoms with van der Waals surface area (Å²) >= 11 is -1.56. The fourth-order valence-corrected chi connectivity index (χ4v) is 2.83. The lowest BCUT2D eigenvalue weighted by Gasteiger charge is -2.10. The van der Waals surface area contributed by atoms with Crippen molar-refractivity contribution in [1.29, 1.82) is 0 Å². The molecule has 0 radical (unpaired) electrons. The molecule has 4 heteroatoms. The molecule has 0 amide bonds. The van der Waals surface area contributed by atoms with Crippen molar-refractivity contribution in [3.05, 3.63) is 0 Å². The average Bonchev–Trinajstić information content (AvgIpc) is 2.41. The Bertz CT molecular complexity index is 222. The first-order valence-electron chi connectivity index (χ1n) is 8.42. The Morgan fingerprint density at radius 1 is 0.850 bits per heavy atom. The zero-order chi connectivity index (χ0) is 15.1. The van der Waals surface area contributed by atoms with E-state index in [2.05, 4.69) is 13.8 Å². The molecule has 2 atom stereocenters. The summed E-state index contributed by atoms with van der Waals surface area (Å²) in [5.41, 5.74) is 0. The van der Waals surface area contributed by atoms with E-state index in [9.17, 15) is 4.21 Å². The van der Waals surface area contributed by atoms with Gasteiger partial charge in [0, 0.05) is 0 Å². The first-order valence-corrected chi connectivity index (χ1v) is 9.42. The smallest absolute Gasteiger partial charge is 0.268 e. The Morgan fingerprint density at radius 3 is 1.95 bits per heavy atom. The van der Waals surface area contributed by atoms with Crippen LogP contribution in [0.5, 0.6) is 0 Å². The summed E-state index contributed by atoms with van der Waals surface area (Å²) in [5, 5.41) is 0. The van der Waals surface area contributed by atoms with Crippen molar-refractivity contribution < 1.29 is 12.6 Å². The SMILES string of the molecule is CCCCCCCCCCCOS(=O)OC(C)CCC. The van der Waals surface area contributed by atoms with E-state index < -0.39 is 11.4 Å². The van der Waals surface area contributed by atoms with Crippen LogP contribution in [0.15, 0.2) is 0 Å². The van der Waals surface area contributed by atoms with Gasteiger partial charge in [-0.15, -0.1) is 0 Å². The van der Waals surface area contributed by atoms with E-state index in [1.807, 2.05) is 6.92 Å². The van der Waals surface area contributed by atoms with Crippen molar-refractivity contribution in [2.24, 2.45) is 0 Å². The summed E-state index contributed by atoms with van der Waals surface area (Å²) in [6, 6.07) is 0. The van der Waals surface area contributed by atoms with Gasteiger partial charge in [-0.3, -0.25) is 8.37 Å². The third-order valence-corrected chi connectivity index (χ3v) is 4.21. The fourth-order valence-electron chi connectivity index (χ4n) is 2.16. The van der Waals surface area contributed by atoms with Crippen molar-refractivity contribution in [3.8, 4) is 0 Å². The highest BCUT2D eigenvalue weighted by molar-refractivity contribution is 7.75. The zero-order valence-electron chi connectivity index (χ0n) is 13.7. The van der Waals surface area contributed by atoms with Gasteiger partial charge in [0.2, 0.25) is 0 Å². The molecule has 0 heterocycles. The number of hydrogen-bond acceptors (Lipinski definition) is 3. The molecule has 0 fully saturated rings. The van der Waals surface area contributed by atoms with Crippen LogP contribution >= 0.6 is 0 Å². The van der Waals surface area contributed by atoms with Gasteiger partial charge in [-0.25, -0.2) is 0 Å². The van der Waals surface area contributed by atoms with Crippen LogP contribution in [0.25, 0.3) is 0 Å². The maximum Gasteiger partial charge on any atom is 0.304 e. The lowest BCUT2D eigenvalue weighted by Crippen LogP contribution is -2.12. The van der Waals surface area contributed by atoms with Gasteiger partial charge in [0.05, 0.1) is 12.7 Å². The van der Waals surface area contributed by atoms with Crippen LogP contribution in [0.2, 0.25) is 0 Å². The van der Waals surface area contributed by atoms with E-state index in [0.717, 1.165) is 25.7 Å². The molecular formula is C16H34O3S. The summed E-state index contributed by atoms with van der Waals surface area (Å²) in [6.45, 7) is 6.81. The molecule has 122 valence electrons. The van der Waals surface area contributed by atoms with Gasteiger partial charge in [0.1, 0.15) is 0 Å². The van der Waals surface area contributed by atoms with E-state index in [4.69, 9.17) is 8.37 Å². The molecule has 0 aliphatic rings. The third kappa shape index (κ3) is 14.5. The predicted octanol–water partition coefficient (Wildman–Crippen LogP) is 5.32. The van der Waals surface area contributed by atoms with Crippen LogP contribution in [0.1, 0.15) is 91.4 Å². The van der Waals surface area contributed by atoms with Crippen LogP contribution in [0, 0.1) is 0 Å². The van der Waals surface area contributed by atoms with E-state index in [-0.39, 0.29) is 6.10 Å². The molecule has 2 unspecified atom stereocenters. The average molecular weight is 307 g/mol. The van der Waals surface area contributed by atoms with Gasteiger partial charge < -0.3 is 0 Å². The first-order chi connectivity index (χ1) is 9.70. The maximum absolute atomic E-state index is 11.4. The molecule has 0 aromatic heterocycles. The molecule has 0 aromatic carbocycles. The topological polar surface area (TPSA) is 35.5 Å². The lowest BCUT2D eigenvalue weighted by atomic mass is 10.1. The quantitative estimate of drug-likeness (QED) is 0.384. The summed E-state index contributed by atoms with van der Waals surface area (Å²) in [4.78, 5) is 0. The second-order valence-electron chi connectivity index (χ2n) is 5.55. The summed E-state index contributed by atoms with van der Waals surface area (Å²) in [6.07, 6.45) is 13.5. The normalized spacial score (nSPS) is 14.3. The molecule has 0 aliphatic carbocycles. The monoisotopic (exact) mass is 306 g/mol. The fraction of sp³-hybridized carbons (Fsp3) is 1.00. The zero-order valence-corrected chi connectivity index (χ0v) is 14.5. The molecule has 0 bridgehead atoms. The van der Waals surface area contributed by atoms with Gasteiger partial charge in [-0.2, -0.15) is 4.21 Å². The first kappa shape index (κ1) is 20.1. The van der Waals surface area contributed by atoms with Gasteiger partial charge in [0.25, 0.3) is 0 Å².